The van der Waals surface area contributed by atoms with Gasteiger partial charge in [0.05, 0.1) is 41.2 Å². The van der Waals surface area contributed by atoms with E-state index < -0.39 is 17.6 Å². The third kappa shape index (κ3) is 4.69. The summed E-state index contributed by atoms with van der Waals surface area (Å²) in [6, 6.07) is 12.5. The lowest BCUT2D eigenvalue weighted by Gasteiger charge is -2.33. The molecule has 0 aliphatic carbocycles. The van der Waals surface area contributed by atoms with Crippen LogP contribution in [0, 0.1) is 0 Å². The van der Waals surface area contributed by atoms with Gasteiger partial charge in [-0.1, -0.05) is 6.07 Å². The lowest BCUT2D eigenvalue weighted by molar-refractivity contribution is -0.137. The highest BCUT2D eigenvalue weighted by Crippen LogP contribution is 2.39. The van der Waals surface area contributed by atoms with E-state index in [2.05, 4.69) is 20.3 Å². The van der Waals surface area contributed by atoms with Crippen LogP contribution in [0.25, 0.3) is 22.4 Å². The number of hydrogen-bond acceptors (Lipinski definition) is 5. The third-order valence-electron chi connectivity index (χ3n) is 5.85. The molecule has 1 amide bonds. The maximum Gasteiger partial charge on any atom is 0.417 e. The highest BCUT2D eigenvalue weighted by molar-refractivity contribution is 6.11. The van der Waals surface area contributed by atoms with Crippen molar-refractivity contribution in [2.75, 3.05) is 29.9 Å². The number of imidazole rings is 1. The number of pyridine rings is 1. The zero-order valence-electron chi connectivity index (χ0n) is 18.8. The van der Waals surface area contributed by atoms with Crippen LogP contribution in [-0.4, -0.2) is 46.7 Å². The van der Waals surface area contributed by atoms with Crippen LogP contribution in [-0.2, 0) is 10.9 Å². The van der Waals surface area contributed by atoms with Gasteiger partial charge >= 0.3 is 6.18 Å². The Hall–Kier alpha value is -3.92. The van der Waals surface area contributed by atoms with Gasteiger partial charge < -0.3 is 19.9 Å². The highest BCUT2D eigenvalue weighted by Gasteiger charge is 2.35. The topological polar surface area (TPSA) is 83.1 Å². The Kier molecular flexibility index (Phi) is 5.89. The molecule has 0 bridgehead atoms. The molecule has 7 nitrogen and oxygen atoms in total. The van der Waals surface area contributed by atoms with Crippen LogP contribution in [0.5, 0.6) is 0 Å². The fourth-order valence-electron chi connectivity index (χ4n) is 4.20. The number of nitrogens with zero attached hydrogens (tertiary/aromatic N) is 3. The Labute approximate surface area is 199 Å². The number of H-pyrrole nitrogens is 1. The minimum Gasteiger partial charge on any atom is -0.375 e. The molecule has 3 heterocycles. The number of amides is 1. The number of benzene rings is 2. The number of aromatic nitrogens is 3. The van der Waals surface area contributed by atoms with Gasteiger partial charge in [0, 0.05) is 30.5 Å². The van der Waals surface area contributed by atoms with Crippen LogP contribution >= 0.6 is 0 Å². The van der Waals surface area contributed by atoms with Crippen LogP contribution in [0.2, 0.25) is 0 Å². The molecule has 4 aromatic rings. The largest absolute Gasteiger partial charge is 0.417 e. The maximum atomic E-state index is 14.1. The number of carbonyl (C=O) groups is 1. The van der Waals surface area contributed by atoms with Gasteiger partial charge in [-0.05, 0) is 49.4 Å². The Morgan fingerprint density at radius 2 is 2.06 bits per heavy atom. The van der Waals surface area contributed by atoms with Crippen LogP contribution < -0.4 is 10.2 Å². The van der Waals surface area contributed by atoms with Crippen LogP contribution in [0.4, 0.5) is 24.5 Å². The first kappa shape index (κ1) is 22.9. The number of halogens is 3. The molecule has 1 aliphatic rings. The number of aromatic amines is 1. The molecule has 1 atom stereocenters. The first-order chi connectivity index (χ1) is 16.8. The number of para-hydroxylation sites is 1. The van der Waals surface area contributed by atoms with Gasteiger partial charge in [0.25, 0.3) is 5.91 Å². The summed E-state index contributed by atoms with van der Waals surface area (Å²) in [6.45, 7) is 3.37. The van der Waals surface area contributed by atoms with E-state index in [0.717, 1.165) is 6.07 Å². The Morgan fingerprint density at radius 1 is 1.20 bits per heavy atom. The maximum absolute atomic E-state index is 14.1. The van der Waals surface area contributed by atoms with Crippen molar-refractivity contribution < 1.29 is 22.7 Å². The standard InChI is InChI=1S/C25H22F3N5O2/c1-15-14-33(10-11-35-15)17-7-8-18(20(12-17)25(26,27)28)23-31-21-6-2-5-19(22(21)32-23)24(34)30-16-4-3-9-29-13-16/h2-9,12-13,15H,10-11,14H2,1H3,(H,30,34)(H,31,32)/t15-/m0/s1. The van der Waals surface area contributed by atoms with E-state index in [9.17, 15) is 18.0 Å². The predicted molar refractivity (Wildman–Crippen MR) is 126 cm³/mol. The van der Waals surface area contributed by atoms with Gasteiger partial charge in [0.15, 0.2) is 0 Å². The van der Waals surface area contributed by atoms with Crippen molar-refractivity contribution >= 4 is 28.3 Å². The molecule has 5 rings (SSSR count). The number of nitrogens with one attached hydrogen (secondary N) is 2. The van der Waals surface area contributed by atoms with E-state index in [4.69, 9.17) is 4.74 Å². The van der Waals surface area contributed by atoms with E-state index in [-0.39, 0.29) is 28.6 Å². The van der Waals surface area contributed by atoms with E-state index >= 15 is 0 Å². The summed E-state index contributed by atoms with van der Waals surface area (Å²) < 4.78 is 47.8. The second-order valence-corrected chi connectivity index (χ2v) is 8.34. The highest BCUT2D eigenvalue weighted by atomic mass is 19.4. The fourth-order valence-corrected chi connectivity index (χ4v) is 4.20. The third-order valence-corrected chi connectivity index (χ3v) is 5.85. The van der Waals surface area contributed by atoms with Crippen molar-refractivity contribution in [3.63, 3.8) is 0 Å². The minimum atomic E-state index is -4.59. The number of ether oxygens (including phenoxy) is 1. The van der Waals surface area contributed by atoms with Crippen LogP contribution in [0.1, 0.15) is 22.8 Å². The molecule has 0 unspecified atom stereocenters. The van der Waals surface area contributed by atoms with Gasteiger partial charge in [0.1, 0.15) is 11.3 Å². The predicted octanol–water partition coefficient (Wildman–Crippen LogP) is 5.12. The normalized spacial score (nSPS) is 16.5. The zero-order valence-corrected chi connectivity index (χ0v) is 18.8. The molecule has 1 saturated heterocycles. The smallest absolute Gasteiger partial charge is 0.375 e. The van der Waals surface area contributed by atoms with Crippen LogP contribution in [0.15, 0.2) is 60.9 Å². The fraction of sp³-hybridized carbons (Fsp3) is 0.240. The summed E-state index contributed by atoms with van der Waals surface area (Å²) in [5.41, 5.74) is 1.07. The van der Waals surface area contributed by atoms with Gasteiger partial charge in [-0.15, -0.1) is 0 Å². The van der Waals surface area contributed by atoms with Crippen molar-refractivity contribution in [2.24, 2.45) is 0 Å². The Morgan fingerprint density at radius 3 is 2.80 bits per heavy atom. The number of morpholine rings is 1. The number of anilines is 2. The number of hydrogen-bond donors (Lipinski definition) is 2. The first-order valence-electron chi connectivity index (χ1n) is 11.1. The summed E-state index contributed by atoms with van der Waals surface area (Å²) in [4.78, 5) is 26.1. The van der Waals surface area contributed by atoms with Gasteiger partial charge in [0.2, 0.25) is 0 Å². The van der Waals surface area contributed by atoms with Crippen molar-refractivity contribution in [1.82, 2.24) is 15.0 Å². The van der Waals surface area contributed by atoms with Crippen molar-refractivity contribution in [3.8, 4) is 11.4 Å². The zero-order chi connectivity index (χ0) is 24.6. The van der Waals surface area contributed by atoms with Gasteiger partial charge in [-0.25, -0.2) is 4.98 Å². The average molecular weight is 481 g/mol. The lowest BCUT2D eigenvalue weighted by atomic mass is 10.0. The van der Waals surface area contributed by atoms with Crippen molar-refractivity contribution in [3.05, 3.63) is 72.1 Å². The molecule has 2 aromatic carbocycles. The number of alkyl halides is 3. The Bertz CT molecular complexity index is 1370. The molecule has 0 saturated carbocycles. The van der Waals surface area contributed by atoms with Crippen molar-refractivity contribution in [1.29, 1.82) is 0 Å². The molecule has 1 aliphatic heterocycles. The van der Waals surface area contributed by atoms with E-state index in [1.807, 2.05) is 11.8 Å². The first-order valence-corrected chi connectivity index (χ1v) is 11.1. The minimum absolute atomic E-state index is 0.0378. The quantitative estimate of drug-likeness (QED) is 0.423. The lowest BCUT2D eigenvalue weighted by Crippen LogP contribution is -2.41. The molecule has 0 radical (unpaired) electrons. The summed E-state index contributed by atoms with van der Waals surface area (Å²) >= 11 is 0. The SMILES string of the molecule is C[C@H]1CN(c2ccc(-c3nc4c(C(=O)Nc5cccnc5)cccc4[nH]3)c(C(F)(F)F)c2)CCO1. The second kappa shape index (κ2) is 9.03. The van der Waals surface area contributed by atoms with E-state index in [1.165, 1.54) is 12.3 Å². The number of fused-ring (bicyclic) bond motifs is 1. The average Bonchev–Trinajstić information content (AvgIpc) is 3.28. The molecule has 10 heteroatoms. The van der Waals surface area contributed by atoms with E-state index in [1.54, 1.807) is 42.6 Å². The molecular weight excluding hydrogens is 459 g/mol. The molecule has 0 spiro atoms. The molecule has 35 heavy (non-hydrogen) atoms. The summed E-state index contributed by atoms with van der Waals surface area (Å²) in [7, 11) is 0. The monoisotopic (exact) mass is 481 g/mol. The van der Waals surface area contributed by atoms with Crippen molar-refractivity contribution in [2.45, 2.75) is 19.2 Å². The summed E-state index contributed by atoms with van der Waals surface area (Å²) in [5.74, 6) is -0.398. The summed E-state index contributed by atoms with van der Waals surface area (Å²) in [5, 5.41) is 2.73. The molecule has 2 N–H and O–H groups in total. The number of rotatable bonds is 4. The number of carbonyl (C=O) groups excluding carboxylic acids is 1. The van der Waals surface area contributed by atoms with Gasteiger partial charge in [-0.2, -0.15) is 13.2 Å². The molecule has 180 valence electrons. The molecular formula is C25H22F3N5O2. The van der Waals surface area contributed by atoms with Gasteiger partial charge in [-0.3, -0.25) is 9.78 Å². The molecule has 2 aromatic heterocycles. The van der Waals surface area contributed by atoms with Crippen LogP contribution in [0.3, 0.4) is 0 Å². The van der Waals surface area contributed by atoms with E-state index in [0.29, 0.717) is 36.6 Å². The second-order valence-electron chi connectivity index (χ2n) is 8.34. The Balaban J connectivity index is 1.53. The summed E-state index contributed by atoms with van der Waals surface area (Å²) in [6.07, 6.45) is -1.58. The molecule has 1 fully saturated rings.